The molecule has 1 N–H and O–H groups in total. The van der Waals surface area contributed by atoms with E-state index in [1.807, 2.05) is 32.9 Å². The molecule has 1 fully saturated rings. The lowest BCUT2D eigenvalue weighted by molar-refractivity contribution is 0.00866. The molecule has 110 valence electrons. The summed E-state index contributed by atoms with van der Waals surface area (Å²) in [6, 6.07) is 3.55. The summed E-state index contributed by atoms with van der Waals surface area (Å²) in [6.07, 6.45) is 4.69. The number of pyridine rings is 1. The first-order valence-corrected chi connectivity index (χ1v) is 6.94. The van der Waals surface area contributed by atoms with E-state index < -0.39 is 5.60 Å². The molecule has 1 aromatic heterocycles. The fourth-order valence-corrected chi connectivity index (χ4v) is 2.55. The van der Waals surface area contributed by atoms with E-state index in [1.54, 1.807) is 17.3 Å². The van der Waals surface area contributed by atoms with E-state index in [4.69, 9.17) is 4.74 Å². The van der Waals surface area contributed by atoms with E-state index in [-0.39, 0.29) is 24.8 Å². The first kappa shape index (κ1) is 14.8. The van der Waals surface area contributed by atoms with Crippen LogP contribution in [0.3, 0.4) is 0 Å². The molecule has 2 heterocycles. The van der Waals surface area contributed by atoms with Crippen molar-refractivity contribution in [2.24, 2.45) is 0 Å². The van der Waals surface area contributed by atoms with Crippen molar-refractivity contribution in [1.82, 2.24) is 9.88 Å². The highest BCUT2D eigenvalue weighted by molar-refractivity contribution is 5.69. The van der Waals surface area contributed by atoms with Gasteiger partial charge in [-0.1, -0.05) is 6.07 Å². The maximum Gasteiger partial charge on any atom is 0.411 e. The number of ether oxygens (including phenoxy) is 1. The number of amides is 1. The van der Waals surface area contributed by atoms with E-state index in [0.717, 1.165) is 18.4 Å². The Bertz CT molecular complexity index is 456. The van der Waals surface area contributed by atoms with Crippen molar-refractivity contribution >= 4 is 6.09 Å². The Morgan fingerprint density at radius 2 is 2.25 bits per heavy atom. The van der Waals surface area contributed by atoms with Crippen LogP contribution in [0.5, 0.6) is 0 Å². The van der Waals surface area contributed by atoms with E-state index in [2.05, 4.69) is 4.98 Å². The molecule has 0 saturated carbocycles. The quantitative estimate of drug-likeness (QED) is 0.903. The zero-order valence-corrected chi connectivity index (χ0v) is 12.2. The molecule has 1 aromatic rings. The van der Waals surface area contributed by atoms with Gasteiger partial charge in [0.1, 0.15) is 5.60 Å². The summed E-state index contributed by atoms with van der Waals surface area (Å²) in [5.41, 5.74) is 0.438. The third kappa shape index (κ3) is 3.28. The number of hydrogen-bond acceptors (Lipinski definition) is 4. The van der Waals surface area contributed by atoms with Crippen molar-refractivity contribution in [3.8, 4) is 0 Å². The minimum absolute atomic E-state index is 0.0456. The molecule has 5 nitrogen and oxygen atoms in total. The van der Waals surface area contributed by atoms with Crippen LogP contribution in [0.1, 0.15) is 45.2 Å². The molecule has 0 unspecified atom stereocenters. The lowest BCUT2D eigenvalue weighted by Crippen LogP contribution is -2.42. The summed E-state index contributed by atoms with van der Waals surface area (Å²) in [4.78, 5) is 18.1. The first-order chi connectivity index (χ1) is 9.42. The Balaban J connectivity index is 2.22. The Morgan fingerprint density at radius 3 is 2.80 bits per heavy atom. The largest absolute Gasteiger partial charge is 0.444 e. The van der Waals surface area contributed by atoms with Gasteiger partial charge in [0.05, 0.1) is 18.7 Å². The van der Waals surface area contributed by atoms with Crippen LogP contribution in [0.4, 0.5) is 4.79 Å². The van der Waals surface area contributed by atoms with Crippen molar-refractivity contribution in [2.75, 3.05) is 6.61 Å². The zero-order valence-electron chi connectivity index (χ0n) is 12.2. The van der Waals surface area contributed by atoms with Crippen LogP contribution in [0.25, 0.3) is 0 Å². The second-order valence-electron chi connectivity index (χ2n) is 6.10. The van der Waals surface area contributed by atoms with Crippen molar-refractivity contribution < 1.29 is 14.6 Å². The molecule has 1 aliphatic heterocycles. The van der Waals surface area contributed by atoms with Gasteiger partial charge in [0.15, 0.2) is 0 Å². The van der Waals surface area contributed by atoms with Crippen LogP contribution in [0.15, 0.2) is 24.5 Å². The third-order valence-corrected chi connectivity index (χ3v) is 3.39. The van der Waals surface area contributed by atoms with Crippen LogP contribution in [0, 0.1) is 0 Å². The molecule has 0 bridgehead atoms. The Hall–Kier alpha value is -1.62. The molecular weight excluding hydrogens is 256 g/mol. The predicted octanol–water partition coefficient (Wildman–Crippen LogP) is 2.51. The molecular formula is C15H22N2O3. The smallest absolute Gasteiger partial charge is 0.411 e. The molecule has 0 aliphatic carbocycles. The Morgan fingerprint density at radius 1 is 1.50 bits per heavy atom. The number of aromatic nitrogens is 1. The Labute approximate surface area is 119 Å². The lowest BCUT2D eigenvalue weighted by atomic mass is 10.1. The van der Waals surface area contributed by atoms with Crippen molar-refractivity contribution in [3.05, 3.63) is 30.1 Å². The van der Waals surface area contributed by atoms with Crippen molar-refractivity contribution in [2.45, 2.75) is 51.3 Å². The van der Waals surface area contributed by atoms with E-state index in [0.29, 0.717) is 0 Å². The molecule has 1 saturated heterocycles. The molecule has 0 radical (unpaired) electrons. The van der Waals surface area contributed by atoms with E-state index >= 15 is 0 Å². The molecule has 2 atom stereocenters. The van der Waals surface area contributed by atoms with Gasteiger partial charge in [-0.15, -0.1) is 0 Å². The van der Waals surface area contributed by atoms with Gasteiger partial charge in [-0.2, -0.15) is 0 Å². The van der Waals surface area contributed by atoms with E-state index in [9.17, 15) is 9.90 Å². The number of carbonyl (C=O) groups is 1. The van der Waals surface area contributed by atoms with Crippen LogP contribution < -0.4 is 0 Å². The summed E-state index contributed by atoms with van der Waals surface area (Å²) in [6.45, 7) is 5.48. The average Bonchev–Trinajstić information content (AvgIpc) is 2.81. The average molecular weight is 278 g/mol. The highest BCUT2D eigenvalue weighted by Gasteiger charge is 2.39. The molecule has 0 aromatic carbocycles. The lowest BCUT2D eigenvalue weighted by Gasteiger charge is -2.32. The first-order valence-electron chi connectivity index (χ1n) is 6.94. The number of likely N-dealkylation sites (tertiary alicyclic amines) is 1. The molecule has 2 rings (SSSR count). The fraction of sp³-hybridized carbons (Fsp3) is 0.600. The van der Waals surface area contributed by atoms with Gasteiger partial charge in [0.25, 0.3) is 0 Å². The number of aliphatic hydroxyl groups is 1. The minimum atomic E-state index is -0.542. The van der Waals surface area contributed by atoms with Gasteiger partial charge >= 0.3 is 6.09 Å². The molecule has 1 amide bonds. The number of nitrogens with zero attached hydrogens (tertiary/aromatic N) is 2. The maximum absolute atomic E-state index is 12.4. The minimum Gasteiger partial charge on any atom is -0.444 e. The van der Waals surface area contributed by atoms with Crippen LogP contribution >= 0.6 is 0 Å². The molecule has 5 heteroatoms. The summed E-state index contributed by atoms with van der Waals surface area (Å²) in [5.74, 6) is 0. The third-order valence-electron chi connectivity index (χ3n) is 3.39. The highest BCUT2D eigenvalue weighted by Crippen LogP contribution is 2.36. The molecule has 0 spiro atoms. The van der Waals surface area contributed by atoms with Crippen molar-refractivity contribution in [1.29, 1.82) is 0 Å². The van der Waals surface area contributed by atoms with Gasteiger partial charge in [-0.3, -0.25) is 9.88 Å². The van der Waals surface area contributed by atoms with Crippen LogP contribution in [-0.2, 0) is 4.74 Å². The van der Waals surface area contributed by atoms with Gasteiger partial charge in [0.2, 0.25) is 0 Å². The number of hydrogen-bond donors (Lipinski definition) is 1. The highest BCUT2D eigenvalue weighted by atomic mass is 16.6. The van der Waals surface area contributed by atoms with Crippen LogP contribution in [0.2, 0.25) is 0 Å². The van der Waals surface area contributed by atoms with Crippen molar-refractivity contribution in [3.63, 3.8) is 0 Å². The standard InChI is InChI=1S/C15H22N2O3/c1-15(2,3)20-14(19)17-12(10-18)6-7-13(17)11-5-4-8-16-9-11/h4-5,8-9,12-13,18H,6-7,10H2,1-3H3/t12-,13+/m1/s1. The predicted molar refractivity (Wildman–Crippen MR) is 75.2 cm³/mol. The summed E-state index contributed by atoms with van der Waals surface area (Å²) in [5, 5.41) is 9.48. The second kappa shape index (κ2) is 5.79. The van der Waals surface area contributed by atoms with Gasteiger partial charge in [-0.05, 0) is 45.2 Å². The zero-order chi connectivity index (χ0) is 14.8. The van der Waals surface area contributed by atoms with Crippen LogP contribution in [-0.4, -0.2) is 39.3 Å². The number of aliphatic hydroxyl groups excluding tert-OH is 1. The second-order valence-corrected chi connectivity index (χ2v) is 6.10. The summed E-state index contributed by atoms with van der Waals surface area (Å²) < 4.78 is 5.46. The molecule has 1 aliphatic rings. The summed E-state index contributed by atoms with van der Waals surface area (Å²) in [7, 11) is 0. The maximum atomic E-state index is 12.4. The topological polar surface area (TPSA) is 62.7 Å². The van der Waals surface area contributed by atoms with E-state index in [1.165, 1.54) is 0 Å². The normalized spacial score (nSPS) is 22.9. The molecule has 20 heavy (non-hydrogen) atoms. The number of rotatable bonds is 2. The summed E-state index contributed by atoms with van der Waals surface area (Å²) >= 11 is 0. The van der Waals surface area contributed by atoms with Gasteiger partial charge in [0, 0.05) is 12.4 Å². The van der Waals surface area contributed by atoms with Gasteiger partial charge < -0.3 is 9.84 Å². The monoisotopic (exact) mass is 278 g/mol. The van der Waals surface area contributed by atoms with Gasteiger partial charge in [-0.25, -0.2) is 4.79 Å². The SMILES string of the molecule is CC(C)(C)OC(=O)N1[C@@H](CO)CC[C@H]1c1cccnc1. The Kier molecular flexibility index (Phi) is 4.28. The fourth-order valence-electron chi connectivity index (χ4n) is 2.55. The number of carbonyl (C=O) groups excluding carboxylic acids is 1.